The third-order valence-corrected chi connectivity index (χ3v) is 6.10. The number of ether oxygens (including phenoxy) is 3. The molecule has 41 heavy (non-hydrogen) atoms. The number of halogens is 1. The maximum Gasteiger partial charge on any atom is 0.410 e. The van der Waals surface area contributed by atoms with Crippen LogP contribution in [0.3, 0.4) is 0 Å². The molecule has 0 heterocycles. The number of carbonyl (C=O) groups is 2. The van der Waals surface area contributed by atoms with Crippen LogP contribution in [0.15, 0.2) is 72.8 Å². The van der Waals surface area contributed by atoms with Crippen LogP contribution in [-0.4, -0.2) is 53.0 Å². The smallest absolute Gasteiger partial charge is 0.410 e. The van der Waals surface area contributed by atoms with Crippen LogP contribution < -0.4 is 4.74 Å². The predicted molar refractivity (Wildman–Crippen MR) is 161 cm³/mol. The molecule has 0 aromatic heterocycles. The quantitative estimate of drug-likeness (QED) is 0.254. The summed E-state index contributed by atoms with van der Waals surface area (Å²) in [7, 11) is 0. The van der Waals surface area contributed by atoms with Crippen LogP contribution in [-0.2, 0) is 20.7 Å². The van der Waals surface area contributed by atoms with Crippen molar-refractivity contribution >= 4 is 23.7 Å². The van der Waals surface area contributed by atoms with Gasteiger partial charge in [0.2, 0.25) is 0 Å². The van der Waals surface area contributed by atoms with Crippen LogP contribution in [0.1, 0.15) is 58.8 Å². The first-order valence-electron chi connectivity index (χ1n) is 13.6. The standard InChI is InChI=1S/C33H40ClNO6/c1-32(2,3)40-30(37)22-39-28-16-14-25(15-17-28)24-12-10-23(11-13-24)18-19-35(31(38)41-33(4,5)6)21-29(36)26-8-7-9-27(34)20-26/h7-17,20,29,36H,18-19,21-22H2,1-6H3/t29-/m0/s1. The molecule has 0 bridgehead atoms. The Morgan fingerprint density at radius 2 is 1.44 bits per heavy atom. The Kier molecular flexibility index (Phi) is 10.8. The summed E-state index contributed by atoms with van der Waals surface area (Å²) in [5.74, 6) is 0.166. The van der Waals surface area contributed by atoms with Crippen molar-refractivity contribution in [3.63, 3.8) is 0 Å². The second-order valence-electron chi connectivity index (χ2n) is 11.8. The molecule has 7 nitrogen and oxygen atoms in total. The van der Waals surface area contributed by atoms with Gasteiger partial charge >= 0.3 is 12.1 Å². The summed E-state index contributed by atoms with van der Waals surface area (Å²) in [6.45, 7) is 11.2. The molecule has 0 unspecified atom stereocenters. The van der Waals surface area contributed by atoms with Gasteiger partial charge in [-0.05, 0) is 94.5 Å². The Morgan fingerprint density at radius 1 is 0.854 bits per heavy atom. The molecule has 0 aliphatic heterocycles. The van der Waals surface area contributed by atoms with Gasteiger partial charge < -0.3 is 24.2 Å². The molecule has 1 N–H and O–H groups in total. The zero-order valence-electron chi connectivity index (χ0n) is 24.6. The summed E-state index contributed by atoms with van der Waals surface area (Å²) in [6, 6.07) is 22.5. The molecular weight excluding hydrogens is 542 g/mol. The lowest BCUT2D eigenvalue weighted by Crippen LogP contribution is -2.40. The molecule has 3 aromatic carbocycles. The van der Waals surface area contributed by atoms with Crippen LogP contribution in [0.2, 0.25) is 5.02 Å². The van der Waals surface area contributed by atoms with E-state index in [4.69, 9.17) is 25.8 Å². The summed E-state index contributed by atoms with van der Waals surface area (Å²) < 4.78 is 16.4. The minimum Gasteiger partial charge on any atom is -0.482 e. The van der Waals surface area contributed by atoms with Crippen molar-refractivity contribution in [3.8, 4) is 16.9 Å². The fraction of sp³-hybridized carbons (Fsp3) is 0.394. The van der Waals surface area contributed by atoms with E-state index in [-0.39, 0.29) is 13.2 Å². The Hall–Kier alpha value is -3.55. The molecule has 3 rings (SSSR count). The number of esters is 1. The van der Waals surface area contributed by atoms with Gasteiger partial charge in [0, 0.05) is 11.6 Å². The molecule has 0 saturated heterocycles. The van der Waals surface area contributed by atoms with Crippen LogP contribution in [0, 0.1) is 0 Å². The van der Waals surface area contributed by atoms with E-state index in [2.05, 4.69) is 0 Å². The second kappa shape index (κ2) is 13.9. The van der Waals surface area contributed by atoms with Crippen molar-refractivity contribution in [2.75, 3.05) is 19.7 Å². The van der Waals surface area contributed by atoms with Crippen molar-refractivity contribution in [2.45, 2.75) is 65.3 Å². The molecule has 220 valence electrons. The lowest BCUT2D eigenvalue weighted by molar-refractivity contribution is -0.157. The van der Waals surface area contributed by atoms with Gasteiger partial charge in [-0.15, -0.1) is 0 Å². The fourth-order valence-corrected chi connectivity index (χ4v) is 4.20. The minimum atomic E-state index is -0.903. The number of aliphatic hydroxyl groups excluding tert-OH is 1. The van der Waals surface area contributed by atoms with Gasteiger partial charge in [-0.1, -0.05) is 60.1 Å². The van der Waals surface area contributed by atoms with Gasteiger partial charge in [0.15, 0.2) is 6.61 Å². The third kappa shape index (κ3) is 11.1. The van der Waals surface area contributed by atoms with Crippen molar-refractivity contribution in [1.82, 2.24) is 4.90 Å². The first-order chi connectivity index (χ1) is 19.2. The molecular formula is C33H40ClNO6. The fourth-order valence-electron chi connectivity index (χ4n) is 4.00. The van der Waals surface area contributed by atoms with Crippen LogP contribution in [0.25, 0.3) is 11.1 Å². The minimum absolute atomic E-state index is 0.0791. The Bertz CT molecular complexity index is 1290. The normalized spacial score (nSPS) is 12.4. The monoisotopic (exact) mass is 581 g/mol. The number of carbonyl (C=O) groups excluding carboxylic acids is 2. The second-order valence-corrected chi connectivity index (χ2v) is 12.3. The van der Waals surface area contributed by atoms with Crippen molar-refractivity contribution < 1.29 is 28.9 Å². The molecule has 0 aliphatic carbocycles. The Labute approximate surface area is 248 Å². The summed E-state index contributed by atoms with van der Waals surface area (Å²) >= 11 is 6.09. The topological polar surface area (TPSA) is 85.3 Å². The summed E-state index contributed by atoms with van der Waals surface area (Å²) in [4.78, 5) is 26.4. The Balaban J connectivity index is 1.61. The van der Waals surface area contributed by atoms with Gasteiger partial charge in [-0.2, -0.15) is 0 Å². The highest BCUT2D eigenvalue weighted by molar-refractivity contribution is 6.30. The van der Waals surface area contributed by atoms with Gasteiger partial charge in [0.05, 0.1) is 12.6 Å². The number of hydrogen-bond acceptors (Lipinski definition) is 6. The van der Waals surface area contributed by atoms with E-state index in [0.717, 1.165) is 16.7 Å². The summed E-state index contributed by atoms with van der Waals surface area (Å²) in [5.41, 5.74) is 2.49. The number of nitrogens with zero attached hydrogens (tertiary/aromatic N) is 1. The number of aliphatic hydroxyl groups is 1. The van der Waals surface area contributed by atoms with E-state index in [1.54, 1.807) is 24.3 Å². The molecule has 0 radical (unpaired) electrons. The predicted octanol–water partition coefficient (Wildman–Crippen LogP) is 7.24. The van der Waals surface area contributed by atoms with E-state index in [0.29, 0.717) is 29.3 Å². The average molecular weight is 582 g/mol. The highest BCUT2D eigenvalue weighted by Gasteiger charge is 2.25. The first kappa shape index (κ1) is 32.0. The number of rotatable bonds is 10. The van der Waals surface area contributed by atoms with E-state index in [9.17, 15) is 14.7 Å². The number of benzene rings is 3. The zero-order valence-corrected chi connectivity index (χ0v) is 25.4. The third-order valence-electron chi connectivity index (χ3n) is 5.87. The highest BCUT2D eigenvalue weighted by Crippen LogP contribution is 2.24. The van der Waals surface area contributed by atoms with E-state index < -0.39 is 29.4 Å². The van der Waals surface area contributed by atoms with Crippen LogP contribution in [0.5, 0.6) is 5.75 Å². The van der Waals surface area contributed by atoms with Crippen molar-refractivity contribution in [3.05, 3.63) is 88.9 Å². The molecule has 1 amide bonds. The van der Waals surface area contributed by atoms with Crippen molar-refractivity contribution in [2.24, 2.45) is 0 Å². The van der Waals surface area contributed by atoms with Gasteiger partial charge in [0.25, 0.3) is 0 Å². The molecule has 0 fully saturated rings. The molecule has 3 aromatic rings. The highest BCUT2D eigenvalue weighted by atomic mass is 35.5. The lowest BCUT2D eigenvalue weighted by atomic mass is 10.0. The zero-order chi connectivity index (χ0) is 30.2. The van der Waals surface area contributed by atoms with Crippen LogP contribution in [0.4, 0.5) is 4.79 Å². The lowest BCUT2D eigenvalue weighted by Gasteiger charge is -2.29. The maximum absolute atomic E-state index is 13.0. The van der Waals surface area contributed by atoms with Crippen LogP contribution >= 0.6 is 11.6 Å². The SMILES string of the molecule is CC(C)(C)OC(=O)COc1ccc(-c2ccc(CCN(C[C@H](O)c3cccc(Cl)c3)C(=O)OC(C)(C)C)cc2)cc1. The molecule has 1 atom stereocenters. The molecule has 0 aliphatic rings. The van der Waals surface area contributed by atoms with E-state index in [1.165, 1.54) is 4.90 Å². The van der Waals surface area contributed by atoms with E-state index in [1.807, 2.05) is 90.1 Å². The summed E-state index contributed by atoms with van der Waals surface area (Å²) in [5, 5.41) is 11.3. The van der Waals surface area contributed by atoms with Crippen molar-refractivity contribution in [1.29, 1.82) is 0 Å². The molecule has 0 spiro atoms. The largest absolute Gasteiger partial charge is 0.482 e. The Morgan fingerprint density at radius 3 is 2.00 bits per heavy atom. The first-order valence-corrected chi connectivity index (χ1v) is 14.0. The average Bonchev–Trinajstić information content (AvgIpc) is 2.88. The summed E-state index contributed by atoms with van der Waals surface area (Å²) in [6.07, 6.45) is -0.803. The van der Waals surface area contributed by atoms with Gasteiger partial charge in [-0.25, -0.2) is 9.59 Å². The maximum atomic E-state index is 13.0. The molecule has 0 saturated carbocycles. The van der Waals surface area contributed by atoms with Gasteiger partial charge in [-0.3, -0.25) is 0 Å². The molecule has 8 heteroatoms. The van der Waals surface area contributed by atoms with Gasteiger partial charge in [0.1, 0.15) is 17.0 Å². The van der Waals surface area contributed by atoms with E-state index >= 15 is 0 Å². The number of hydrogen-bond donors (Lipinski definition) is 1. The number of amides is 1.